The number of nitrogens with zero attached hydrogens (tertiary/aromatic N) is 2. The van der Waals surface area contributed by atoms with Crippen molar-refractivity contribution in [1.29, 1.82) is 0 Å². The molecular formula is C46H32N2. The maximum Gasteiger partial charge on any atom is 0.0541 e. The fourth-order valence-corrected chi connectivity index (χ4v) is 7.01. The molecule has 0 radical (unpaired) electrons. The predicted octanol–water partition coefficient (Wildman–Crippen LogP) is 12.7. The number of hydrogen-bond donors (Lipinski definition) is 0. The number of anilines is 3. The zero-order chi connectivity index (χ0) is 31.9. The second-order valence-corrected chi connectivity index (χ2v) is 12.2. The van der Waals surface area contributed by atoms with E-state index in [1.807, 2.05) is 0 Å². The first-order valence-corrected chi connectivity index (χ1v) is 16.4. The van der Waals surface area contributed by atoms with Gasteiger partial charge in [-0.15, -0.1) is 0 Å². The van der Waals surface area contributed by atoms with Crippen LogP contribution in [0.4, 0.5) is 17.1 Å². The Hall–Kier alpha value is -6.38. The van der Waals surface area contributed by atoms with E-state index in [-0.39, 0.29) is 0 Å². The minimum atomic E-state index is 1.12. The van der Waals surface area contributed by atoms with Crippen LogP contribution in [0.1, 0.15) is 0 Å². The maximum atomic E-state index is 2.38. The molecule has 0 aliphatic carbocycles. The average Bonchev–Trinajstić information content (AvgIpc) is 3.50. The van der Waals surface area contributed by atoms with Crippen LogP contribution in [0.2, 0.25) is 0 Å². The molecule has 0 unspecified atom stereocenters. The van der Waals surface area contributed by atoms with Gasteiger partial charge in [-0.2, -0.15) is 0 Å². The number of rotatable bonds is 6. The summed E-state index contributed by atoms with van der Waals surface area (Å²) in [5.74, 6) is 0. The van der Waals surface area contributed by atoms with E-state index in [0.29, 0.717) is 0 Å². The molecule has 1 aromatic heterocycles. The summed E-state index contributed by atoms with van der Waals surface area (Å²) in [7, 11) is 0. The second-order valence-electron chi connectivity index (χ2n) is 12.2. The lowest BCUT2D eigenvalue weighted by atomic mass is 10.0. The van der Waals surface area contributed by atoms with Gasteiger partial charge >= 0.3 is 0 Å². The molecule has 9 aromatic rings. The first-order chi connectivity index (χ1) is 23.8. The summed E-state index contributed by atoms with van der Waals surface area (Å²) < 4.78 is 2.38. The Labute approximate surface area is 280 Å². The van der Waals surface area contributed by atoms with Crippen LogP contribution in [-0.2, 0) is 0 Å². The van der Waals surface area contributed by atoms with Gasteiger partial charge in [0.15, 0.2) is 0 Å². The molecule has 2 heteroatoms. The Balaban J connectivity index is 1.10. The van der Waals surface area contributed by atoms with Crippen molar-refractivity contribution in [3.8, 4) is 27.9 Å². The molecule has 2 nitrogen and oxygen atoms in total. The second kappa shape index (κ2) is 11.8. The highest BCUT2D eigenvalue weighted by atomic mass is 15.1. The Morgan fingerprint density at radius 3 is 1.65 bits per heavy atom. The molecule has 8 aromatic carbocycles. The molecule has 0 aliphatic rings. The van der Waals surface area contributed by atoms with Crippen LogP contribution < -0.4 is 4.90 Å². The molecular weight excluding hydrogens is 581 g/mol. The lowest BCUT2D eigenvalue weighted by Gasteiger charge is -2.26. The third kappa shape index (κ3) is 4.92. The van der Waals surface area contributed by atoms with Gasteiger partial charge in [0.1, 0.15) is 0 Å². The van der Waals surface area contributed by atoms with Gasteiger partial charge in [-0.25, -0.2) is 0 Å². The van der Waals surface area contributed by atoms with Gasteiger partial charge in [0.25, 0.3) is 0 Å². The molecule has 0 saturated carbocycles. The minimum absolute atomic E-state index is 1.12. The molecule has 0 bridgehead atoms. The third-order valence-electron chi connectivity index (χ3n) is 9.37. The highest BCUT2D eigenvalue weighted by molar-refractivity contribution is 6.10. The number of hydrogen-bond acceptors (Lipinski definition) is 1. The standard InChI is InChI=1S/C46H32N2/c1-3-11-33(12-4-1)35-19-27-41(28-20-35)48-45-18-10-9-17-43(45)44-32-38(24-30-46(44)48)36-21-25-40(26-22-36)47(39-15-5-2-6-16-39)42-29-23-34-13-7-8-14-37(34)31-42/h1-32H. The van der Waals surface area contributed by atoms with E-state index in [4.69, 9.17) is 0 Å². The maximum absolute atomic E-state index is 2.38. The fraction of sp³-hybridized carbons (Fsp3) is 0. The molecule has 0 N–H and O–H groups in total. The molecule has 226 valence electrons. The lowest BCUT2D eigenvalue weighted by Crippen LogP contribution is -2.09. The van der Waals surface area contributed by atoms with E-state index in [0.717, 1.165) is 22.7 Å². The minimum Gasteiger partial charge on any atom is -0.310 e. The van der Waals surface area contributed by atoms with Crippen LogP contribution in [0.3, 0.4) is 0 Å². The Bertz CT molecular complexity index is 2530. The van der Waals surface area contributed by atoms with Gasteiger partial charge in [-0.05, 0) is 99.8 Å². The van der Waals surface area contributed by atoms with Crippen molar-refractivity contribution < 1.29 is 0 Å². The number of aromatic nitrogens is 1. The van der Waals surface area contributed by atoms with Gasteiger partial charge in [0.2, 0.25) is 0 Å². The largest absolute Gasteiger partial charge is 0.310 e. The van der Waals surface area contributed by atoms with E-state index >= 15 is 0 Å². The van der Waals surface area contributed by atoms with Gasteiger partial charge in [-0.1, -0.05) is 127 Å². The summed E-state index contributed by atoms with van der Waals surface area (Å²) in [5, 5.41) is 4.98. The normalized spacial score (nSPS) is 11.3. The smallest absolute Gasteiger partial charge is 0.0541 e. The Kier molecular flexibility index (Phi) is 6.84. The molecule has 0 spiro atoms. The third-order valence-corrected chi connectivity index (χ3v) is 9.37. The molecule has 0 atom stereocenters. The Morgan fingerprint density at radius 1 is 0.312 bits per heavy atom. The van der Waals surface area contributed by atoms with Crippen molar-refractivity contribution in [2.75, 3.05) is 4.90 Å². The van der Waals surface area contributed by atoms with Crippen molar-refractivity contribution in [2.24, 2.45) is 0 Å². The molecule has 9 rings (SSSR count). The topological polar surface area (TPSA) is 8.17 Å². The number of para-hydroxylation sites is 2. The van der Waals surface area contributed by atoms with E-state index in [2.05, 4.69) is 204 Å². The SMILES string of the molecule is c1ccc(-c2ccc(-n3c4ccccc4c4cc(-c5ccc(N(c6ccccc6)c6ccc7ccccc7c6)cc5)ccc43)cc2)cc1. The van der Waals surface area contributed by atoms with Crippen LogP contribution in [0.5, 0.6) is 0 Å². The van der Waals surface area contributed by atoms with Crippen molar-refractivity contribution in [2.45, 2.75) is 0 Å². The molecule has 0 fully saturated rings. The van der Waals surface area contributed by atoms with Crippen molar-refractivity contribution in [3.63, 3.8) is 0 Å². The van der Waals surface area contributed by atoms with E-state index in [1.165, 1.54) is 54.8 Å². The molecule has 0 saturated heterocycles. The van der Waals surface area contributed by atoms with Crippen LogP contribution in [0.25, 0.3) is 60.5 Å². The van der Waals surface area contributed by atoms with E-state index in [9.17, 15) is 0 Å². The molecule has 0 amide bonds. The van der Waals surface area contributed by atoms with E-state index < -0.39 is 0 Å². The first-order valence-electron chi connectivity index (χ1n) is 16.4. The molecule has 1 heterocycles. The first kappa shape index (κ1) is 27.9. The Morgan fingerprint density at radius 2 is 0.854 bits per heavy atom. The summed E-state index contributed by atoms with van der Waals surface area (Å²) >= 11 is 0. The van der Waals surface area contributed by atoms with Crippen LogP contribution in [0.15, 0.2) is 194 Å². The summed E-state index contributed by atoms with van der Waals surface area (Å²) in [5.41, 5.74) is 11.8. The van der Waals surface area contributed by atoms with Crippen LogP contribution >= 0.6 is 0 Å². The van der Waals surface area contributed by atoms with Crippen LogP contribution in [-0.4, -0.2) is 4.57 Å². The zero-order valence-corrected chi connectivity index (χ0v) is 26.4. The van der Waals surface area contributed by atoms with E-state index in [1.54, 1.807) is 0 Å². The summed E-state index contributed by atoms with van der Waals surface area (Å²) in [6, 6.07) is 69.8. The summed E-state index contributed by atoms with van der Waals surface area (Å²) in [6.45, 7) is 0. The van der Waals surface area contributed by atoms with Crippen molar-refractivity contribution in [3.05, 3.63) is 194 Å². The fourth-order valence-electron chi connectivity index (χ4n) is 7.01. The molecule has 0 aliphatic heterocycles. The predicted molar refractivity (Wildman–Crippen MR) is 204 cm³/mol. The molecule has 48 heavy (non-hydrogen) atoms. The van der Waals surface area contributed by atoms with Gasteiger partial charge in [-0.3, -0.25) is 0 Å². The van der Waals surface area contributed by atoms with Crippen molar-refractivity contribution >= 4 is 49.6 Å². The zero-order valence-electron chi connectivity index (χ0n) is 26.4. The lowest BCUT2D eigenvalue weighted by molar-refractivity contribution is 1.18. The number of fused-ring (bicyclic) bond motifs is 4. The van der Waals surface area contributed by atoms with Gasteiger partial charge in [0.05, 0.1) is 11.0 Å². The van der Waals surface area contributed by atoms with Crippen molar-refractivity contribution in [1.82, 2.24) is 4.57 Å². The van der Waals surface area contributed by atoms with Gasteiger partial charge in [0, 0.05) is 33.5 Å². The average molecular weight is 613 g/mol. The summed E-state index contributed by atoms with van der Waals surface area (Å²) in [4.78, 5) is 2.33. The quantitative estimate of drug-likeness (QED) is 0.181. The number of benzene rings is 8. The highest BCUT2D eigenvalue weighted by Crippen LogP contribution is 2.39. The van der Waals surface area contributed by atoms with Crippen LogP contribution in [0, 0.1) is 0 Å². The highest BCUT2D eigenvalue weighted by Gasteiger charge is 2.15. The monoisotopic (exact) mass is 612 g/mol. The van der Waals surface area contributed by atoms with Gasteiger partial charge < -0.3 is 9.47 Å². The summed E-state index contributed by atoms with van der Waals surface area (Å²) in [6.07, 6.45) is 0.